The summed E-state index contributed by atoms with van der Waals surface area (Å²) in [5.74, 6) is 0.243. The van der Waals surface area contributed by atoms with Gasteiger partial charge in [0.05, 0.1) is 0 Å². The maximum absolute atomic E-state index is 2.52. The molecule has 0 spiro atoms. The lowest BCUT2D eigenvalue weighted by Crippen LogP contribution is -2.23. The minimum absolute atomic E-state index is 0.0986. The molecule has 0 N–H and O–H groups in total. The molecule has 0 saturated heterocycles. The lowest BCUT2D eigenvalue weighted by Gasteiger charge is -2.36. The molecule has 0 fully saturated rings. The highest BCUT2D eigenvalue weighted by Crippen LogP contribution is 2.59. The van der Waals surface area contributed by atoms with E-state index >= 15 is 0 Å². The highest BCUT2D eigenvalue weighted by molar-refractivity contribution is 5.88. The van der Waals surface area contributed by atoms with Gasteiger partial charge in [-0.05, 0) is 144 Å². The molecule has 43 heavy (non-hydrogen) atoms. The van der Waals surface area contributed by atoms with Crippen LogP contribution in [0, 0.1) is 47.0 Å². The fourth-order valence-electron chi connectivity index (χ4n) is 8.67. The van der Waals surface area contributed by atoms with Crippen molar-refractivity contribution in [2.24, 2.45) is 5.41 Å². The fraction of sp³-hybridized carbons (Fsp3) is 0.256. The Bertz CT molecular complexity index is 1820. The lowest BCUT2D eigenvalue weighted by molar-refractivity contribution is 0.442. The van der Waals surface area contributed by atoms with Crippen molar-refractivity contribution < 1.29 is 0 Å². The second kappa shape index (κ2) is 9.95. The smallest absolute Gasteiger partial charge is 0.0194 e. The van der Waals surface area contributed by atoms with Crippen LogP contribution in [0.15, 0.2) is 91.0 Å². The topological polar surface area (TPSA) is 0 Å². The Labute approximate surface area is 258 Å². The number of benzene rings is 5. The van der Waals surface area contributed by atoms with Crippen LogP contribution in [0.3, 0.4) is 0 Å². The first-order chi connectivity index (χ1) is 20.5. The van der Waals surface area contributed by atoms with Gasteiger partial charge in [0.25, 0.3) is 0 Å². The summed E-state index contributed by atoms with van der Waals surface area (Å²) >= 11 is 0. The second-order valence-electron chi connectivity index (χ2n) is 13.8. The molecule has 0 bridgehead atoms. The van der Waals surface area contributed by atoms with E-state index in [0.29, 0.717) is 0 Å². The molecule has 0 saturated carbocycles. The van der Waals surface area contributed by atoms with E-state index in [-0.39, 0.29) is 11.3 Å². The number of allylic oxidation sites excluding steroid dienone is 2. The van der Waals surface area contributed by atoms with Crippen LogP contribution in [0.4, 0.5) is 0 Å². The first-order valence-corrected chi connectivity index (χ1v) is 15.8. The monoisotopic (exact) mass is 558 g/mol. The van der Waals surface area contributed by atoms with Crippen LogP contribution in [0.25, 0.3) is 39.0 Å². The largest absolute Gasteiger partial charge is 0.0757 e. The quantitative estimate of drug-likeness (QED) is 0.206. The van der Waals surface area contributed by atoms with Crippen molar-refractivity contribution in [3.05, 3.63) is 147 Å². The van der Waals surface area contributed by atoms with Gasteiger partial charge in [-0.15, -0.1) is 0 Å². The van der Waals surface area contributed by atoms with Crippen molar-refractivity contribution >= 4 is 5.57 Å². The van der Waals surface area contributed by atoms with Gasteiger partial charge in [-0.25, -0.2) is 0 Å². The summed E-state index contributed by atoms with van der Waals surface area (Å²) < 4.78 is 0. The molecule has 0 atom stereocenters. The number of aryl methyl sites for hydroxylation is 6. The van der Waals surface area contributed by atoms with Crippen LogP contribution in [-0.4, -0.2) is 0 Å². The molecule has 0 aromatic heterocycles. The molecular weight excluding hydrogens is 516 g/mol. The average molecular weight is 559 g/mol. The Morgan fingerprint density at radius 3 is 1.49 bits per heavy atom. The predicted octanol–water partition coefficient (Wildman–Crippen LogP) is 11.6. The van der Waals surface area contributed by atoms with Crippen molar-refractivity contribution in [2.45, 2.75) is 67.7 Å². The van der Waals surface area contributed by atoms with Crippen LogP contribution in [0.1, 0.15) is 75.4 Å². The molecule has 2 aliphatic rings. The number of hydrogen-bond donors (Lipinski definition) is 0. The van der Waals surface area contributed by atoms with Gasteiger partial charge in [-0.3, -0.25) is 0 Å². The molecule has 0 nitrogen and oxygen atoms in total. The van der Waals surface area contributed by atoms with E-state index in [9.17, 15) is 0 Å². The summed E-state index contributed by atoms with van der Waals surface area (Å²) in [6, 6.07) is 32.9. The van der Waals surface area contributed by atoms with Gasteiger partial charge in [0.2, 0.25) is 0 Å². The third kappa shape index (κ3) is 4.34. The van der Waals surface area contributed by atoms with E-state index in [2.05, 4.69) is 146 Å². The first kappa shape index (κ1) is 27.7. The zero-order valence-electron chi connectivity index (χ0n) is 26.9. The van der Waals surface area contributed by atoms with Crippen molar-refractivity contribution in [3.63, 3.8) is 0 Å². The van der Waals surface area contributed by atoms with Crippen molar-refractivity contribution in [1.29, 1.82) is 0 Å². The van der Waals surface area contributed by atoms with E-state index in [1.54, 1.807) is 0 Å². The van der Waals surface area contributed by atoms with Crippen LogP contribution in [0.2, 0.25) is 0 Å². The van der Waals surface area contributed by atoms with Crippen LogP contribution in [-0.2, 0) is 6.42 Å². The van der Waals surface area contributed by atoms with E-state index < -0.39 is 0 Å². The summed E-state index contributed by atoms with van der Waals surface area (Å²) in [7, 11) is 0. The number of hydrogen-bond acceptors (Lipinski definition) is 0. The third-order valence-corrected chi connectivity index (χ3v) is 10.2. The standard InChI is InChI=1S/C43H42/c1-25-19-27(3)40(28(4)20-25)32-13-16-35-36-17-14-33(41-29(5)21-26(2)22-30(41)6)24-38(36)42(37(35)23-32)43(7,8)39-18-15-31-11-9-10-12-34(31)39/h9-14,16-24,42H,15H2,1-8H3. The molecule has 0 aliphatic heterocycles. The molecule has 0 amide bonds. The Kier molecular flexibility index (Phi) is 6.40. The summed E-state index contributed by atoms with van der Waals surface area (Å²) in [4.78, 5) is 0. The molecule has 5 aromatic rings. The minimum Gasteiger partial charge on any atom is -0.0757 e. The second-order valence-corrected chi connectivity index (χ2v) is 13.8. The molecule has 5 aromatic carbocycles. The molecule has 0 unspecified atom stereocenters. The Morgan fingerprint density at radius 2 is 1.00 bits per heavy atom. The molecule has 0 heterocycles. The highest BCUT2D eigenvalue weighted by atomic mass is 14.5. The maximum Gasteiger partial charge on any atom is 0.0194 e. The fourth-order valence-corrected chi connectivity index (χ4v) is 8.67. The van der Waals surface area contributed by atoms with Gasteiger partial charge >= 0.3 is 0 Å². The first-order valence-electron chi connectivity index (χ1n) is 15.8. The van der Waals surface area contributed by atoms with Crippen molar-refractivity contribution in [1.82, 2.24) is 0 Å². The SMILES string of the molecule is Cc1cc(C)c(-c2ccc3c(c2)C(C(C)(C)C2=CCc4ccccc42)c2cc(-c4c(C)cc(C)cc4C)ccc2-3)c(C)c1. The Balaban J connectivity index is 1.46. The number of fused-ring (bicyclic) bond motifs is 4. The Morgan fingerprint density at radius 1 is 0.535 bits per heavy atom. The number of rotatable bonds is 4. The van der Waals surface area contributed by atoms with Crippen molar-refractivity contribution in [2.75, 3.05) is 0 Å². The van der Waals surface area contributed by atoms with Gasteiger partial charge in [0, 0.05) is 11.3 Å². The van der Waals surface area contributed by atoms with Gasteiger partial charge in [-0.1, -0.05) is 104 Å². The molecule has 2 aliphatic carbocycles. The molecule has 7 rings (SSSR count). The van der Waals surface area contributed by atoms with Crippen LogP contribution in [0.5, 0.6) is 0 Å². The molecule has 0 radical (unpaired) electrons. The van der Waals surface area contributed by atoms with Crippen molar-refractivity contribution in [3.8, 4) is 33.4 Å². The zero-order valence-corrected chi connectivity index (χ0v) is 26.9. The molecule has 214 valence electrons. The van der Waals surface area contributed by atoms with E-state index in [1.807, 2.05) is 0 Å². The molecular formula is C43H42. The summed E-state index contributed by atoms with van der Waals surface area (Å²) in [6.07, 6.45) is 3.52. The Hall–Kier alpha value is -4.16. The minimum atomic E-state index is -0.0986. The maximum atomic E-state index is 2.52. The van der Waals surface area contributed by atoms with Gasteiger partial charge in [0.15, 0.2) is 0 Å². The van der Waals surface area contributed by atoms with E-state index in [4.69, 9.17) is 0 Å². The summed E-state index contributed by atoms with van der Waals surface area (Å²) in [5, 5.41) is 0. The highest BCUT2D eigenvalue weighted by Gasteiger charge is 2.43. The molecule has 0 heteroatoms. The lowest BCUT2D eigenvalue weighted by atomic mass is 9.67. The third-order valence-electron chi connectivity index (χ3n) is 10.2. The summed E-state index contributed by atoms with van der Waals surface area (Å²) in [5.41, 5.74) is 23.4. The van der Waals surface area contributed by atoms with E-state index in [1.165, 1.54) is 94.6 Å². The van der Waals surface area contributed by atoms with Crippen LogP contribution >= 0.6 is 0 Å². The normalized spacial score (nSPS) is 14.0. The predicted molar refractivity (Wildman–Crippen MR) is 185 cm³/mol. The zero-order chi connectivity index (χ0) is 30.2. The van der Waals surface area contributed by atoms with Gasteiger partial charge < -0.3 is 0 Å². The summed E-state index contributed by atoms with van der Waals surface area (Å²) in [6.45, 7) is 18.4. The van der Waals surface area contributed by atoms with Gasteiger partial charge in [0.1, 0.15) is 0 Å². The average Bonchev–Trinajstić information content (AvgIpc) is 3.51. The van der Waals surface area contributed by atoms with Gasteiger partial charge in [-0.2, -0.15) is 0 Å². The van der Waals surface area contributed by atoms with Crippen LogP contribution < -0.4 is 0 Å². The van der Waals surface area contributed by atoms with E-state index in [0.717, 1.165) is 6.42 Å².